The van der Waals surface area contributed by atoms with Gasteiger partial charge < -0.3 is 15.1 Å². The van der Waals surface area contributed by atoms with Crippen molar-refractivity contribution >= 4 is 5.95 Å². The molecule has 1 N–H and O–H groups in total. The average molecular weight is 263 g/mol. The van der Waals surface area contributed by atoms with E-state index in [1.54, 1.807) is 0 Å². The number of nitrogens with one attached hydrogen (secondary N) is 1. The van der Waals surface area contributed by atoms with Gasteiger partial charge in [0.2, 0.25) is 5.95 Å². The van der Waals surface area contributed by atoms with Crippen LogP contribution in [0.5, 0.6) is 0 Å². The lowest BCUT2D eigenvalue weighted by atomic mass is 10.2. The van der Waals surface area contributed by atoms with Gasteiger partial charge >= 0.3 is 0 Å². The van der Waals surface area contributed by atoms with Crippen LogP contribution in [0.4, 0.5) is 5.95 Å². The first kappa shape index (κ1) is 14.2. The third-order valence-electron chi connectivity index (χ3n) is 3.65. The van der Waals surface area contributed by atoms with Gasteiger partial charge in [0, 0.05) is 56.2 Å². The Morgan fingerprint density at radius 2 is 2.00 bits per heavy atom. The molecule has 1 aliphatic rings. The maximum atomic E-state index is 4.50. The summed E-state index contributed by atoms with van der Waals surface area (Å²) in [6, 6.07) is 1.04. The first-order valence-corrected chi connectivity index (χ1v) is 7.05. The van der Waals surface area contributed by atoms with Gasteiger partial charge in [0.25, 0.3) is 0 Å². The van der Waals surface area contributed by atoms with E-state index in [1.165, 1.54) is 0 Å². The zero-order chi connectivity index (χ0) is 13.8. The van der Waals surface area contributed by atoms with E-state index >= 15 is 0 Å². The van der Waals surface area contributed by atoms with Crippen LogP contribution in [0.3, 0.4) is 0 Å². The highest BCUT2D eigenvalue weighted by Crippen LogP contribution is 2.13. The molecule has 0 radical (unpaired) electrons. The Balaban J connectivity index is 1.94. The predicted octanol–water partition coefficient (Wildman–Crippen LogP) is 1.11. The van der Waals surface area contributed by atoms with Gasteiger partial charge in [-0.1, -0.05) is 13.8 Å². The molecule has 19 heavy (non-hydrogen) atoms. The first-order chi connectivity index (χ1) is 9.06. The molecular formula is C14H25N5. The van der Waals surface area contributed by atoms with Gasteiger partial charge in [-0.2, -0.15) is 0 Å². The van der Waals surface area contributed by atoms with Gasteiger partial charge in [0.1, 0.15) is 0 Å². The first-order valence-electron chi connectivity index (χ1n) is 7.05. The standard InChI is InChI=1S/C14H25N5/c1-11(2)15-7-13-8-16-14(17-9-13)19-6-5-18(4)12(3)10-19/h8-9,11-12,15H,5-7,10H2,1-4H3. The maximum absolute atomic E-state index is 4.50. The van der Waals surface area contributed by atoms with Crippen molar-refractivity contribution in [1.82, 2.24) is 20.2 Å². The molecule has 106 valence electrons. The molecule has 0 bridgehead atoms. The molecule has 1 aromatic rings. The lowest BCUT2D eigenvalue weighted by Gasteiger charge is -2.37. The SMILES string of the molecule is CC(C)NCc1cnc(N2CCN(C)C(C)C2)nc1. The molecular weight excluding hydrogens is 238 g/mol. The molecule has 5 nitrogen and oxygen atoms in total. The molecule has 0 amide bonds. The van der Waals surface area contributed by atoms with Crippen LogP contribution in [0.15, 0.2) is 12.4 Å². The van der Waals surface area contributed by atoms with Crippen LogP contribution in [-0.2, 0) is 6.54 Å². The summed E-state index contributed by atoms with van der Waals surface area (Å²) in [4.78, 5) is 13.6. The second kappa shape index (κ2) is 6.30. The molecule has 0 aliphatic carbocycles. The maximum Gasteiger partial charge on any atom is 0.225 e. The summed E-state index contributed by atoms with van der Waals surface area (Å²) in [6.07, 6.45) is 3.86. The van der Waals surface area contributed by atoms with E-state index in [-0.39, 0.29) is 0 Å². The molecule has 2 rings (SSSR count). The molecule has 1 fully saturated rings. The molecule has 1 saturated heterocycles. The highest BCUT2D eigenvalue weighted by molar-refractivity contribution is 5.31. The predicted molar refractivity (Wildman–Crippen MR) is 78.3 cm³/mol. The molecule has 0 aromatic carbocycles. The number of hydrogen-bond donors (Lipinski definition) is 1. The van der Waals surface area contributed by atoms with Crippen molar-refractivity contribution in [3.63, 3.8) is 0 Å². The van der Waals surface area contributed by atoms with Crippen LogP contribution in [0.25, 0.3) is 0 Å². The number of likely N-dealkylation sites (N-methyl/N-ethyl adjacent to an activating group) is 1. The van der Waals surface area contributed by atoms with Gasteiger partial charge in [-0.15, -0.1) is 0 Å². The van der Waals surface area contributed by atoms with E-state index in [9.17, 15) is 0 Å². The summed E-state index contributed by atoms with van der Waals surface area (Å²) >= 11 is 0. The number of hydrogen-bond acceptors (Lipinski definition) is 5. The third kappa shape index (κ3) is 3.88. The summed E-state index contributed by atoms with van der Waals surface area (Å²) in [5, 5.41) is 3.37. The zero-order valence-electron chi connectivity index (χ0n) is 12.4. The molecule has 2 heterocycles. The number of rotatable bonds is 4. The number of piperazine rings is 1. The Hall–Kier alpha value is -1.20. The fraction of sp³-hybridized carbons (Fsp3) is 0.714. The van der Waals surface area contributed by atoms with E-state index in [2.05, 4.69) is 52.9 Å². The van der Waals surface area contributed by atoms with Crippen LogP contribution in [0, 0.1) is 0 Å². The molecule has 0 spiro atoms. The van der Waals surface area contributed by atoms with Gasteiger partial charge in [0.15, 0.2) is 0 Å². The summed E-state index contributed by atoms with van der Waals surface area (Å²) < 4.78 is 0. The summed E-state index contributed by atoms with van der Waals surface area (Å²) in [5.74, 6) is 0.855. The minimum atomic E-state index is 0.484. The Morgan fingerprint density at radius 3 is 2.58 bits per heavy atom. The topological polar surface area (TPSA) is 44.3 Å². The number of aromatic nitrogens is 2. The Labute approximate surface area is 116 Å². The van der Waals surface area contributed by atoms with Crippen molar-refractivity contribution in [2.75, 3.05) is 31.6 Å². The van der Waals surface area contributed by atoms with Crippen molar-refractivity contribution in [3.05, 3.63) is 18.0 Å². The van der Waals surface area contributed by atoms with E-state index in [4.69, 9.17) is 0 Å². The number of anilines is 1. The summed E-state index contributed by atoms with van der Waals surface area (Å²) in [5.41, 5.74) is 1.14. The van der Waals surface area contributed by atoms with Crippen molar-refractivity contribution in [2.24, 2.45) is 0 Å². The van der Waals surface area contributed by atoms with E-state index in [1.807, 2.05) is 12.4 Å². The van der Waals surface area contributed by atoms with Gasteiger partial charge in [0.05, 0.1) is 0 Å². The quantitative estimate of drug-likeness (QED) is 0.882. The average Bonchev–Trinajstić information content (AvgIpc) is 2.40. The Bertz CT molecular complexity index is 389. The fourth-order valence-electron chi connectivity index (χ4n) is 2.15. The highest BCUT2D eigenvalue weighted by Gasteiger charge is 2.22. The van der Waals surface area contributed by atoms with Crippen LogP contribution >= 0.6 is 0 Å². The zero-order valence-corrected chi connectivity index (χ0v) is 12.4. The Morgan fingerprint density at radius 1 is 1.32 bits per heavy atom. The van der Waals surface area contributed by atoms with Crippen molar-refractivity contribution in [2.45, 2.75) is 39.4 Å². The minimum absolute atomic E-state index is 0.484. The molecule has 1 aliphatic heterocycles. The lowest BCUT2D eigenvalue weighted by molar-refractivity contribution is 0.233. The Kier molecular flexibility index (Phi) is 4.71. The second-order valence-electron chi connectivity index (χ2n) is 5.70. The minimum Gasteiger partial charge on any atom is -0.338 e. The largest absolute Gasteiger partial charge is 0.338 e. The third-order valence-corrected chi connectivity index (χ3v) is 3.65. The van der Waals surface area contributed by atoms with Gasteiger partial charge in [-0.3, -0.25) is 0 Å². The van der Waals surface area contributed by atoms with Crippen molar-refractivity contribution in [3.8, 4) is 0 Å². The van der Waals surface area contributed by atoms with Crippen LogP contribution < -0.4 is 10.2 Å². The van der Waals surface area contributed by atoms with Gasteiger partial charge in [-0.25, -0.2) is 9.97 Å². The van der Waals surface area contributed by atoms with Gasteiger partial charge in [-0.05, 0) is 14.0 Å². The molecule has 1 aromatic heterocycles. The monoisotopic (exact) mass is 263 g/mol. The smallest absolute Gasteiger partial charge is 0.225 e. The van der Waals surface area contributed by atoms with Crippen molar-refractivity contribution in [1.29, 1.82) is 0 Å². The molecule has 1 atom stereocenters. The second-order valence-corrected chi connectivity index (χ2v) is 5.70. The van der Waals surface area contributed by atoms with Crippen molar-refractivity contribution < 1.29 is 0 Å². The highest BCUT2D eigenvalue weighted by atomic mass is 15.3. The van der Waals surface area contributed by atoms with Crippen LogP contribution in [0.1, 0.15) is 26.3 Å². The lowest BCUT2D eigenvalue weighted by Crippen LogP contribution is -2.50. The van der Waals surface area contributed by atoms with E-state index in [0.717, 1.165) is 37.7 Å². The van der Waals surface area contributed by atoms with E-state index in [0.29, 0.717) is 12.1 Å². The molecule has 5 heteroatoms. The van der Waals surface area contributed by atoms with Crippen LogP contribution in [0.2, 0.25) is 0 Å². The molecule has 1 unspecified atom stereocenters. The molecule has 0 saturated carbocycles. The summed E-state index contributed by atoms with van der Waals surface area (Å²) in [6.45, 7) is 10.4. The van der Waals surface area contributed by atoms with Crippen LogP contribution in [-0.4, -0.2) is 53.6 Å². The number of nitrogens with zero attached hydrogens (tertiary/aromatic N) is 4. The normalized spacial score (nSPS) is 21.1. The summed E-state index contributed by atoms with van der Waals surface area (Å²) in [7, 11) is 2.17. The fourth-order valence-corrected chi connectivity index (χ4v) is 2.15. The van der Waals surface area contributed by atoms with E-state index < -0.39 is 0 Å².